The number of methoxy groups -OCH3 is 1. The van der Waals surface area contributed by atoms with Gasteiger partial charge < -0.3 is 19.7 Å². The molecule has 0 fully saturated rings. The van der Waals surface area contributed by atoms with Crippen LogP contribution in [-0.4, -0.2) is 29.7 Å². The van der Waals surface area contributed by atoms with Crippen LogP contribution in [-0.2, 0) is 6.42 Å². The van der Waals surface area contributed by atoms with E-state index in [9.17, 15) is 15.0 Å². The van der Waals surface area contributed by atoms with Crippen molar-refractivity contribution >= 4 is 5.78 Å². The fraction of sp³-hybridized carbons (Fsp3) is 0.286. The fourth-order valence-electron chi connectivity index (χ4n) is 3.06. The van der Waals surface area contributed by atoms with Gasteiger partial charge in [-0.3, -0.25) is 4.79 Å². The lowest BCUT2D eigenvalue weighted by molar-refractivity contribution is 0.0894. The van der Waals surface area contributed by atoms with Crippen molar-refractivity contribution in [1.82, 2.24) is 0 Å². The van der Waals surface area contributed by atoms with Crippen molar-refractivity contribution in [3.05, 3.63) is 58.7 Å². The van der Waals surface area contributed by atoms with Gasteiger partial charge in [0.2, 0.25) is 0 Å². The van der Waals surface area contributed by atoms with Crippen molar-refractivity contribution in [2.75, 3.05) is 13.7 Å². The lowest BCUT2D eigenvalue weighted by atomic mass is 9.87. The van der Waals surface area contributed by atoms with Crippen molar-refractivity contribution < 1.29 is 24.5 Å². The predicted molar refractivity (Wildman–Crippen MR) is 98.5 cm³/mol. The van der Waals surface area contributed by atoms with Crippen molar-refractivity contribution in [1.29, 1.82) is 0 Å². The number of allylic oxidation sites excluding steroid dienone is 2. The Bertz CT molecular complexity index is 878. The van der Waals surface area contributed by atoms with Crippen LogP contribution in [0.5, 0.6) is 23.0 Å². The Morgan fingerprint density at radius 2 is 2.04 bits per heavy atom. The Morgan fingerprint density at radius 3 is 2.73 bits per heavy atom. The molecule has 0 bridgehead atoms. The van der Waals surface area contributed by atoms with Gasteiger partial charge >= 0.3 is 0 Å². The molecule has 0 radical (unpaired) electrons. The quantitative estimate of drug-likeness (QED) is 0.813. The van der Waals surface area contributed by atoms with Gasteiger partial charge in [-0.1, -0.05) is 11.6 Å². The number of ether oxygens (including phenoxy) is 2. The Morgan fingerprint density at radius 1 is 1.27 bits per heavy atom. The molecular formula is C21H22O5. The van der Waals surface area contributed by atoms with Crippen LogP contribution in [0.15, 0.2) is 42.0 Å². The van der Waals surface area contributed by atoms with Crippen LogP contribution in [0.1, 0.15) is 41.3 Å². The van der Waals surface area contributed by atoms with E-state index in [1.165, 1.54) is 19.2 Å². The first-order chi connectivity index (χ1) is 12.4. The van der Waals surface area contributed by atoms with Gasteiger partial charge in [-0.2, -0.15) is 0 Å². The van der Waals surface area contributed by atoms with Crippen LogP contribution in [0, 0.1) is 0 Å². The van der Waals surface area contributed by atoms with Crippen LogP contribution in [0.25, 0.3) is 0 Å². The summed E-state index contributed by atoms with van der Waals surface area (Å²) >= 11 is 0. The monoisotopic (exact) mass is 354 g/mol. The molecule has 0 saturated heterocycles. The molecule has 0 aromatic heterocycles. The summed E-state index contributed by atoms with van der Waals surface area (Å²) < 4.78 is 11.1. The van der Waals surface area contributed by atoms with Crippen molar-refractivity contribution in [2.24, 2.45) is 0 Å². The van der Waals surface area contributed by atoms with Crippen molar-refractivity contribution in [2.45, 2.75) is 26.2 Å². The molecule has 2 aromatic rings. The highest BCUT2D eigenvalue weighted by Gasteiger charge is 2.33. The highest BCUT2D eigenvalue weighted by molar-refractivity contribution is 6.04. The summed E-state index contributed by atoms with van der Waals surface area (Å²) in [5.74, 6) is 0.400. The molecule has 5 heteroatoms. The normalized spacial score (nSPS) is 15.8. The molecule has 2 N–H and O–H groups in total. The number of carbonyl (C=O) groups is 1. The van der Waals surface area contributed by atoms with Gasteiger partial charge in [0.1, 0.15) is 29.6 Å². The van der Waals surface area contributed by atoms with Gasteiger partial charge in [0.15, 0.2) is 5.78 Å². The highest BCUT2D eigenvalue weighted by Crippen LogP contribution is 2.40. The number of benzene rings is 2. The minimum Gasteiger partial charge on any atom is -0.508 e. The molecule has 0 saturated carbocycles. The zero-order chi connectivity index (χ0) is 18.8. The molecule has 1 atom stereocenters. The summed E-state index contributed by atoms with van der Waals surface area (Å²) in [6.07, 6.45) is 2.58. The Balaban J connectivity index is 2.02. The number of carbonyl (C=O) groups excluding carboxylic acids is 1. The van der Waals surface area contributed by atoms with E-state index in [4.69, 9.17) is 9.47 Å². The molecule has 1 aliphatic rings. The zero-order valence-electron chi connectivity index (χ0n) is 15.1. The third-order valence-corrected chi connectivity index (χ3v) is 4.49. The topological polar surface area (TPSA) is 76.0 Å². The molecule has 0 aliphatic carbocycles. The van der Waals surface area contributed by atoms with Crippen LogP contribution in [0.3, 0.4) is 0 Å². The van der Waals surface area contributed by atoms with Crippen molar-refractivity contribution in [3.8, 4) is 23.0 Å². The second-order valence-corrected chi connectivity index (χ2v) is 6.62. The molecule has 0 spiro atoms. The van der Waals surface area contributed by atoms with Gasteiger partial charge in [-0.25, -0.2) is 0 Å². The van der Waals surface area contributed by atoms with Gasteiger partial charge in [-0.15, -0.1) is 0 Å². The van der Waals surface area contributed by atoms with E-state index in [1.807, 2.05) is 26.0 Å². The highest BCUT2D eigenvalue weighted by atomic mass is 16.5. The third kappa shape index (κ3) is 3.38. The zero-order valence-corrected chi connectivity index (χ0v) is 15.1. The van der Waals surface area contributed by atoms with E-state index in [0.717, 1.165) is 11.1 Å². The van der Waals surface area contributed by atoms with Gasteiger partial charge in [-0.05, 0) is 44.0 Å². The van der Waals surface area contributed by atoms with Crippen LogP contribution in [0.4, 0.5) is 0 Å². The van der Waals surface area contributed by atoms with Gasteiger partial charge in [0.05, 0.1) is 18.6 Å². The van der Waals surface area contributed by atoms with Crippen LogP contribution >= 0.6 is 0 Å². The summed E-state index contributed by atoms with van der Waals surface area (Å²) in [7, 11) is 1.51. The number of phenols is 2. The second-order valence-electron chi connectivity index (χ2n) is 6.62. The Kier molecular flexibility index (Phi) is 4.89. The maximum atomic E-state index is 13.0. The van der Waals surface area contributed by atoms with E-state index in [1.54, 1.807) is 12.1 Å². The molecule has 1 heterocycles. The number of fused-ring (bicyclic) bond motifs is 1. The summed E-state index contributed by atoms with van der Waals surface area (Å²) in [5, 5.41) is 19.8. The van der Waals surface area contributed by atoms with Crippen LogP contribution < -0.4 is 9.47 Å². The van der Waals surface area contributed by atoms with E-state index in [-0.39, 0.29) is 23.9 Å². The molecule has 2 aromatic carbocycles. The summed E-state index contributed by atoms with van der Waals surface area (Å²) in [5.41, 5.74) is 2.99. The second kappa shape index (κ2) is 7.12. The maximum absolute atomic E-state index is 13.0. The molecular weight excluding hydrogens is 332 g/mol. The first kappa shape index (κ1) is 17.9. The lowest BCUT2D eigenvalue weighted by Crippen LogP contribution is -2.26. The summed E-state index contributed by atoms with van der Waals surface area (Å²) in [6.45, 7) is 4.14. The smallest absolute Gasteiger partial charge is 0.177 e. The van der Waals surface area contributed by atoms with Gasteiger partial charge in [0.25, 0.3) is 0 Å². The number of rotatable bonds is 4. The van der Waals surface area contributed by atoms with Gasteiger partial charge in [0, 0.05) is 17.7 Å². The lowest BCUT2D eigenvalue weighted by Gasteiger charge is -2.26. The molecule has 1 aliphatic heterocycles. The largest absolute Gasteiger partial charge is 0.508 e. The first-order valence-corrected chi connectivity index (χ1v) is 8.44. The Labute approximate surface area is 152 Å². The molecule has 26 heavy (non-hydrogen) atoms. The Hall–Kier alpha value is -2.95. The number of aromatic hydroxyl groups is 2. The molecule has 3 rings (SSSR count). The number of ketones is 1. The number of hydrogen-bond donors (Lipinski definition) is 2. The molecule has 5 nitrogen and oxygen atoms in total. The standard InChI is InChI=1S/C21H22O5/c1-12(2)4-5-13-8-16(19(25-3)10-18(13)23)17-11-26-20-9-14(22)6-7-15(20)21(17)24/h4,6-10,17,22-23H,5,11H2,1-3H3/t17-/m1/s1. The van der Waals surface area contributed by atoms with E-state index in [2.05, 4.69) is 0 Å². The van der Waals surface area contributed by atoms with E-state index in [0.29, 0.717) is 29.0 Å². The fourth-order valence-corrected chi connectivity index (χ4v) is 3.06. The number of Topliss-reactive ketones (excluding diaryl/α,β-unsaturated/α-hetero) is 1. The SMILES string of the molecule is COc1cc(O)c(CC=C(C)C)cc1[C@H]1COc2cc(O)ccc2C1=O. The minimum atomic E-state index is -0.534. The number of hydrogen-bond acceptors (Lipinski definition) is 5. The van der Waals surface area contributed by atoms with Crippen molar-refractivity contribution in [3.63, 3.8) is 0 Å². The molecule has 136 valence electrons. The summed E-state index contributed by atoms with van der Waals surface area (Å²) in [6, 6.07) is 7.83. The average Bonchev–Trinajstić information content (AvgIpc) is 2.60. The first-order valence-electron chi connectivity index (χ1n) is 8.44. The van der Waals surface area contributed by atoms with Crippen LogP contribution in [0.2, 0.25) is 0 Å². The third-order valence-electron chi connectivity index (χ3n) is 4.49. The predicted octanol–water partition coefficient (Wildman–Crippen LogP) is 3.97. The number of phenolic OH excluding ortho intramolecular Hbond substituents is 2. The average molecular weight is 354 g/mol. The molecule has 0 amide bonds. The maximum Gasteiger partial charge on any atom is 0.177 e. The van der Waals surface area contributed by atoms with E-state index >= 15 is 0 Å². The minimum absolute atomic E-state index is 0.0567. The summed E-state index contributed by atoms with van der Waals surface area (Å²) in [4.78, 5) is 13.0. The van der Waals surface area contributed by atoms with E-state index < -0.39 is 5.92 Å². The molecule has 0 unspecified atom stereocenters.